The second-order valence-electron chi connectivity index (χ2n) is 5.38. The summed E-state index contributed by atoms with van der Waals surface area (Å²) in [5.74, 6) is 7.59. The van der Waals surface area contributed by atoms with Gasteiger partial charge in [0, 0.05) is 23.5 Å². The van der Waals surface area contributed by atoms with Crippen LogP contribution in [0.25, 0.3) is 10.9 Å². The molecule has 1 heterocycles. The Kier molecular flexibility index (Phi) is 5.85. The van der Waals surface area contributed by atoms with Crippen molar-refractivity contribution in [3.05, 3.63) is 35.9 Å². The first-order valence-electron chi connectivity index (χ1n) is 7.20. The van der Waals surface area contributed by atoms with Crippen molar-refractivity contribution in [3.8, 4) is 0 Å². The zero-order chi connectivity index (χ0) is 15.2. The average Bonchev–Trinajstić information content (AvgIpc) is 2.51. The van der Waals surface area contributed by atoms with Crippen molar-refractivity contribution in [1.29, 1.82) is 0 Å². The lowest BCUT2D eigenvalue weighted by Crippen LogP contribution is -2.29. The fraction of sp³-hybridized carbons (Fsp3) is 0.438. The van der Waals surface area contributed by atoms with Gasteiger partial charge in [0.05, 0.1) is 5.52 Å². The zero-order valence-electron chi connectivity index (χ0n) is 13.0. The van der Waals surface area contributed by atoms with E-state index in [2.05, 4.69) is 47.7 Å². The highest BCUT2D eigenvalue weighted by atomic mass is 32.2. The molecular weight excluding hydrogens is 280 g/mol. The third-order valence-electron chi connectivity index (χ3n) is 3.85. The molecule has 0 fully saturated rings. The van der Waals surface area contributed by atoms with E-state index in [0.29, 0.717) is 6.04 Å². The summed E-state index contributed by atoms with van der Waals surface area (Å²) in [6.45, 7) is 3.10. The molecule has 1 aromatic heterocycles. The van der Waals surface area contributed by atoms with Crippen LogP contribution < -0.4 is 11.3 Å². The summed E-state index contributed by atoms with van der Waals surface area (Å²) < 4.78 is 0. The molecule has 0 saturated carbocycles. The number of rotatable bonds is 7. The summed E-state index contributed by atoms with van der Waals surface area (Å²) in [5.41, 5.74) is 4.83. The van der Waals surface area contributed by atoms with Crippen LogP contribution >= 0.6 is 11.8 Å². The zero-order valence-corrected chi connectivity index (χ0v) is 13.8. The Bertz CT molecular complexity index is 587. The number of nitrogen functional groups attached to an aromatic ring is 1. The van der Waals surface area contributed by atoms with Crippen molar-refractivity contribution in [2.24, 2.45) is 5.84 Å². The number of hydrogen-bond donors (Lipinski definition) is 2. The van der Waals surface area contributed by atoms with E-state index in [0.717, 1.165) is 28.8 Å². The number of nitrogens with two attached hydrogens (primary N) is 1. The Labute approximate surface area is 131 Å². The van der Waals surface area contributed by atoms with Crippen molar-refractivity contribution in [3.63, 3.8) is 0 Å². The smallest absolute Gasteiger partial charge is 0.145 e. The lowest BCUT2D eigenvalue weighted by molar-refractivity contribution is 0.245. The van der Waals surface area contributed by atoms with E-state index in [1.807, 2.05) is 30.0 Å². The predicted molar refractivity (Wildman–Crippen MR) is 93.5 cm³/mol. The number of anilines is 1. The van der Waals surface area contributed by atoms with Crippen LogP contribution in [0.5, 0.6) is 0 Å². The van der Waals surface area contributed by atoms with Gasteiger partial charge in [0.15, 0.2) is 0 Å². The number of nitrogens with zero attached hydrogens (tertiary/aromatic N) is 2. The van der Waals surface area contributed by atoms with Gasteiger partial charge in [0.1, 0.15) is 5.82 Å². The SMILES string of the molecule is CSCCC(C)N(C)Cc1cc2ccccc2nc1NN. The Morgan fingerprint density at radius 3 is 2.86 bits per heavy atom. The summed E-state index contributed by atoms with van der Waals surface area (Å²) in [4.78, 5) is 6.95. The third-order valence-corrected chi connectivity index (χ3v) is 4.50. The van der Waals surface area contributed by atoms with E-state index in [1.54, 1.807) is 0 Å². The summed E-state index contributed by atoms with van der Waals surface area (Å²) >= 11 is 1.89. The van der Waals surface area contributed by atoms with Gasteiger partial charge in [0.2, 0.25) is 0 Å². The molecule has 0 aliphatic heterocycles. The highest BCUT2D eigenvalue weighted by Crippen LogP contribution is 2.22. The molecule has 1 atom stereocenters. The molecule has 4 nitrogen and oxygen atoms in total. The van der Waals surface area contributed by atoms with E-state index in [4.69, 9.17) is 5.84 Å². The minimum atomic E-state index is 0.537. The number of benzene rings is 1. The van der Waals surface area contributed by atoms with Crippen molar-refractivity contribution in [1.82, 2.24) is 9.88 Å². The average molecular weight is 304 g/mol. The monoisotopic (exact) mass is 304 g/mol. The number of hydrogen-bond acceptors (Lipinski definition) is 5. The van der Waals surface area contributed by atoms with E-state index < -0.39 is 0 Å². The maximum atomic E-state index is 5.64. The number of pyridine rings is 1. The molecular formula is C16H24N4S. The first-order valence-corrected chi connectivity index (χ1v) is 8.59. The maximum Gasteiger partial charge on any atom is 0.145 e. The quantitative estimate of drug-likeness (QED) is 0.608. The minimum Gasteiger partial charge on any atom is -0.308 e. The first kappa shape index (κ1) is 16.1. The highest BCUT2D eigenvalue weighted by molar-refractivity contribution is 7.98. The largest absolute Gasteiger partial charge is 0.308 e. The van der Waals surface area contributed by atoms with Gasteiger partial charge in [-0.25, -0.2) is 10.8 Å². The van der Waals surface area contributed by atoms with Crippen molar-refractivity contribution < 1.29 is 0 Å². The molecule has 0 amide bonds. The van der Waals surface area contributed by atoms with Gasteiger partial charge >= 0.3 is 0 Å². The Balaban J connectivity index is 2.20. The second-order valence-corrected chi connectivity index (χ2v) is 6.36. The van der Waals surface area contributed by atoms with Gasteiger partial charge in [-0.15, -0.1) is 0 Å². The van der Waals surface area contributed by atoms with Crippen molar-refractivity contribution in [2.75, 3.05) is 24.5 Å². The Morgan fingerprint density at radius 2 is 2.14 bits per heavy atom. The molecule has 1 aromatic carbocycles. The maximum absolute atomic E-state index is 5.64. The summed E-state index contributed by atoms with van der Waals surface area (Å²) in [7, 11) is 2.15. The van der Waals surface area contributed by atoms with Crippen molar-refractivity contribution in [2.45, 2.75) is 25.9 Å². The van der Waals surface area contributed by atoms with Crippen molar-refractivity contribution >= 4 is 28.5 Å². The molecule has 0 aliphatic carbocycles. The van der Waals surface area contributed by atoms with Crippen LogP contribution in [-0.2, 0) is 6.54 Å². The van der Waals surface area contributed by atoms with Gasteiger partial charge in [-0.1, -0.05) is 18.2 Å². The number of hydrazine groups is 1. The van der Waals surface area contributed by atoms with Gasteiger partial charge in [-0.3, -0.25) is 4.90 Å². The normalized spacial score (nSPS) is 12.8. The standard InChI is InChI=1S/C16H24N4S/c1-12(8-9-21-3)20(2)11-14-10-13-6-4-5-7-15(13)18-16(14)19-17/h4-7,10,12H,8-9,11,17H2,1-3H3,(H,18,19). The molecule has 2 aromatic rings. The topological polar surface area (TPSA) is 54.2 Å². The van der Waals surface area contributed by atoms with Crippen LogP contribution in [0, 0.1) is 0 Å². The van der Waals surface area contributed by atoms with E-state index >= 15 is 0 Å². The lowest BCUT2D eigenvalue weighted by Gasteiger charge is -2.25. The van der Waals surface area contributed by atoms with Crippen LogP contribution in [-0.4, -0.2) is 35.0 Å². The van der Waals surface area contributed by atoms with Gasteiger partial charge in [0.25, 0.3) is 0 Å². The van der Waals surface area contributed by atoms with Crippen LogP contribution in [0.1, 0.15) is 18.9 Å². The second kappa shape index (κ2) is 7.64. The Morgan fingerprint density at radius 1 is 1.38 bits per heavy atom. The minimum absolute atomic E-state index is 0.537. The van der Waals surface area contributed by atoms with Crippen LogP contribution in [0.3, 0.4) is 0 Å². The number of nitrogens with one attached hydrogen (secondary N) is 1. The molecule has 0 spiro atoms. The molecule has 0 saturated heterocycles. The fourth-order valence-electron chi connectivity index (χ4n) is 2.34. The molecule has 0 bridgehead atoms. The van der Waals surface area contributed by atoms with Crippen LogP contribution in [0.15, 0.2) is 30.3 Å². The van der Waals surface area contributed by atoms with Crippen LogP contribution in [0.2, 0.25) is 0 Å². The van der Waals surface area contributed by atoms with E-state index in [9.17, 15) is 0 Å². The van der Waals surface area contributed by atoms with E-state index in [1.165, 1.54) is 12.2 Å². The Hall–Kier alpha value is -1.30. The first-order chi connectivity index (χ1) is 10.2. The van der Waals surface area contributed by atoms with Gasteiger partial charge < -0.3 is 5.43 Å². The van der Waals surface area contributed by atoms with E-state index in [-0.39, 0.29) is 0 Å². The number of fused-ring (bicyclic) bond motifs is 1. The summed E-state index contributed by atoms with van der Waals surface area (Å²) in [6, 6.07) is 10.8. The predicted octanol–water partition coefficient (Wildman–Crippen LogP) is 3.09. The molecule has 0 radical (unpaired) electrons. The molecule has 2 rings (SSSR count). The highest BCUT2D eigenvalue weighted by Gasteiger charge is 2.13. The molecule has 21 heavy (non-hydrogen) atoms. The lowest BCUT2D eigenvalue weighted by atomic mass is 10.1. The third kappa shape index (κ3) is 4.09. The number of aromatic nitrogens is 1. The summed E-state index contributed by atoms with van der Waals surface area (Å²) in [6.07, 6.45) is 3.33. The van der Waals surface area contributed by atoms with Gasteiger partial charge in [-0.05, 0) is 44.5 Å². The molecule has 114 valence electrons. The van der Waals surface area contributed by atoms with Crippen LogP contribution in [0.4, 0.5) is 5.82 Å². The molecule has 0 aliphatic rings. The number of para-hydroxylation sites is 1. The fourth-order valence-corrected chi connectivity index (χ4v) is 2.92. The van der Waals surface area contributed by atoms with Gasteiger partial charge in [-0.2, -0.15) is 11.8 Å². The molecule has 1 unspecified atom stereocenters. The molecule has 3 N–H and O–H groups in total. The molecule has 5 heteroatoms. The number of thioether (sulfide) groups is 1. The summed E-state index contributed by atoms with van der Waals surface area (Å²) in [5, 5.41) is 1.15.